The zero-order valence-electron chi connectivity index (χ0n) is 9.65. The standard InChI is InChI=1S/C13H18N2/c1-4-10-12(7-14)15-11-6-8(2)5-9(3)13(10)11/h5-6,15H,4,7,14H2,1-3H3. The van der Waals surface area contributed by atoms with E-state index in [9.17, 15) is 0 Å². The lowest BCUT2D eigenvalue weighted by molar-refractivity contribution is 0.973. The van der Waals surface area contributed by atoms with Crippen LogP contribution in [-0.2, 0) is 13.0 Å². The van der Waals surface area contributed by atoms with Crippen molar-refractivity contribution in [3.8, 4) is 0 Å². The van der Waals surface area contributed by atoms with Crippen LogP contribution in [0.3, 0.4) is 0 Å². The molecule has 0 amide bonds. The summed E-state index contributed by atoms with van der Waals surface area (Å²) in [6.45, 7) is 7.07. The van der Waals surface area contributed by atoms with Crippen molar-refractivity contribution in [1.29, 1.82) is 0 Å². The van der Waals surface area contributed by atoms with E-state index in [-0.39, 0.29) is 0 Å². The van der Waals surface area contributed by atoms with Crippen LogP contribution < -0.4 is 5.73 Å². The molecule has 0 aliphatic carbocycles. The Morgan fingerprint density at radius 3 is 2.60 bits per heavy atom. The van der Waals surface area contributed by atoms with Gasteiger partial charge >= 0.3 is 0 Å². The number of aromatic amines is 1. The first-order valence-corrected chi connectivity index (χ1v) is 5.48. The first kappa shape index (κ1) is 10.2. The molecule has 0 aliphatic heterocycles. The molecule has 2 nitrogen and oxygen atoms in total. The molecule has 1 aromatic carbocycles. The molecule has 0 fully saturated rings. The molecule has 80 valence electrons. The van der Waals surface area contributed by atoms with Gasteiger partial charge in [-0.05, 0) is 43.0 Å². The number of nitrogens with one attached hydrogen (secondary N) is 1. The number of H-pyrrole nitrogens is 1. The van der Waals surface area contributed by atoms with Crippen molar-refractivity contribution in [2.24, 2.45) is 5.73 Å². The SMILES string of the molecule is CCc1c(CN)[nH]c2cc(C)cc(C)c12. The summed E-state index contributed by atoms with van der Waals surface area (Å²) in [4.78, 5) is 3.42. The highest BCUT2D eigenvalue weighted by Crippen LogP contribution is 2.27. The zero-order chi connectivity index (χ0) is 11.0. The summed E-state index contributed by atoms with van der Waals surface area (Å²) in [7, 11) is 0. The van der Waals surface area contributed by atoms with Crippen LogP contribution in [0.15, 0.2) is 12.1 Å². The fraction of sp³-hybridized carbons (Fsp3) is 0.385. The van der Waals surface area contributed by atoms with E-state index >= 15 is 0 Å². The second kappa shape index (κ2) is 3.70. The van der Waals surface area contributed by atoms with E-state index in [0.29, 0.717) is 6.54 Å². The van der Waals surface area contributed by atoms with Crippen molar-refractivity contribution in [1.82, 2.24) is 4.98 Å². The Morgan fingerprint density at radius 2 is 2.00 bits per heavy atom. The molecular formula is C13H18N2. The summed E-state index contributed by atoms with van der Waals surface area (Å²) in [6.07, 6.45) is 1.04. The number of nitrogens with two attached hydrogens (primary N) is 1. The average Bonchev–Trinajstić information content (AvgIpc) is 2.55. The molecule has 0 radical (unpaired) electrons. The highest BCUT2D eigenvalue weighted by molar-refractivity contribution is 5.88. The number of hydrogen-bond acceptors (Lipinski definition) is 1. The third-order valence-corrected chi connectivity index (χ3v) is 2.99. The second-order valence-electron chi connectivity index (χ2n) is 4.14. The Balaban J connectivity index is 2.83. The zero-order valence-corrected chi connectivity index (χ0v) is 9.65. The van der Waals surface area contributed by atoms with Crippen molar-refractivity contribution in [3.63, 3.8) is 0 Å². The molecular weight excluding hydrogens is 184 g/mol. The molecule has 3 N–H and O–H groups in total. The minimum Gasteiger partial charge on any atom is -0.357 e. The quantitative estimate of drug-likeness (QED) is 0.772. The first-order valence-electron chi connectivity index (χ1n) is 5.48. The van der Waals surface area contributed by atoms with Crippen LogP contribution in [0.4, 0.5) is 0 Å². The number of aromatic nitrogens is 1. The van der Waals surface area contributed by atoms with Gasteiger partial charge < -0.3 is 10.7 Å². The topological polar surface area (TPSA) is 41.8 Å². The van der Waals surface area contributed by atoms with Crippen LogP contribution >= 0.6 is 0 Å². The van der Waals surface area contributed by atoms with Crippen molar-refractivity contribution < 1.29 is 0 Å². The maximum atomic E-state index is 5.75. The highest BCUT2D eigenvalue weighted by Gasteiger charge is 2.10. The van der Waals surface area contributed by atoms with Gasteiger partial charge in [0.1, 0.15) is 0 Å². The molecule has 2 rings (SSSR count). The van der Waals surface area contributed by atoms with Crippen molar-refractivity contribution >= 4 is 10.9 Å². The maximum absolute atomic E-state index is 5.75. The Hall–Kier alpha value is -1.28. The van der Waals surface area contributed by atoms with E-state index in [1.165, 1.54) is 33.3 Å². The van der Waals surface area contributed by atoms with Crippen LogP contribution in [-0.4, -0.2) is 4.98 Å². The molecule has 2 aromatic rings. The molecule has 0 atom stereocenters. The number of aryl methyl sites for hydroxylation is 3. The Bertz CT molecular complexity index is 495. The summed E-state index contributed by atoms with van der Waals surface area (Å²) in [5, 5.41) is 1.36. The number of benzene rings is 1. The van der Waals surface area contributed by atoms with Gasteiger partial charge in [0.25, 0.3) is 0 Å². The van der Waals surface area contributed by atoms with Gasteiger partial charge in [-0.3, -0.25) is 0 Å². The predicted molar refractivity (Wildman–Crippen MR) is 65.0 cm³/mol. The van der Waals surface area contributed by atoms with Gasteiger partial charge in [0.2, 0.25) is 0 Å². The van der Waals surface area contributed by atoms with E-state index in [1.807, 2.05) is 0 Å². The summed E-state index contributed by atoms with van der Waals surface area (Å²) < 4.78 is 0. The maximum Gasteiger partial charge on any atom is 0.0464 e. The van der Waals surface area contributed by atoms with Gasteiger partial charge in [-0.2, -0.15) is 0 Å². The van der Waals surface area contributed by atoms with Crippen LogP contribution in [0.1, 0.15) is 29.3 Å². The van der Waals surface area contributed by atoms with Crippen LogP contribution in [0.25, 0.3) is 10.9 Å². The second-order valence-corrected chi connectivity index (χ2v) is 4.14. The monoisotopic (exact) mass is 202 g/mol. The average molecular weight is 202 g/mol. The molecule has 0 unspecified atom stereocenters. The van der Waals surface area contributed by atoms with Gasteiger partial charge in [-0.25, -0.2) is 0 Å². The molecule has 0 bridgehead atoms. The number of rotatable bonds is 2. The summed E-state index contributed by atoms with van der Waals surface area (Å²) in [5.41, 5.74) is 12.2. The molecule has 2 heteroatoms. The first-order chi connectivity index (χ1) is 7.17. The van der Waals surface area contributed by atoms with Gasteiger partial charge in [0.05, 0.1) is 0 Å². The summed E-state index contributed by atoms with van der Waals surface area (Å²) in [6, 6.07) is 4.43. The normalized spacial score (nSPS) is 11.2. The van der Waals surface area contributed by atoms with E-state index in [4.69, 9.17) is 5.73 Å². The lowest BCUT2D eigenvalue weighted by atomic mass is 10.0. The van der Waals surface area contributed by atoms with Gasteiger partial charge in [-0.1, -0.05) is 13.0 Å². The van der Waals surface area contributed by atoms with Crippen molar-refractivity contribution in [3.05, 3.63) is 34.5 Å². The third kappa shape index (κ3) is 1.55. The van der Waals surface area contributed by atoms with E-state index < -0.39 is 0 Å². The van der Waals surface area contributed by atoms with Crippen LogP contribution in [0, 0.1) is 13.8 Å². The van der Waals surface area contributed by atoms with Crippen LogP contribution in [0.2, 0.25) is 0 Å². The number of fused-ring (bicyclic) bond motifs is 1. The van der Waals surface area contributed by atoms with Crippen molar-refractivity contribution in [2.75, 3.05) is 0 Å². The molecule has 1 heterocycles. The molecule has 0 saturated heterocycles. The largest absolute Gasteiger partial charge is 0.357 e. The van der Waals surface area contributed by atoms with Gasteiger partial charge in [-0.15, -0.1) is 0 Å². The molecule has 1 aromatic heterocycles. The predicted octanol–water partition coefficient (Wildman–Crippen LogP) is 2.81. The van der Waals surface area contributed by atoms with Crippen molar-refractivity contribution in [2.45, 2.75) is 33.7 Å². The highest BCUT2D eigenvalue weighted by atomic mass is 14.8. The van der Waals surface area contributed by atoms with E-state index in [2.05, 4.69) is 37.9 Å². The minimum absolute atomic E-state index is 0.594. The fourth-order valence-electron chi connectivity index (χ4n) is 2.42. The molecule has 0 saturated carbocycles. The van der Waals surface area contributed by atoms with E-state index in [1.54, 1.807) is 0 Å². The molecule has 0 spiro atoms. The lowest BCUT2D eigenvalue weighted by Crippen LogP contribution is -1.99. The Morgan fingerprint density at radius 1 is 1.27 bits per heavy atom. The Kier molecular flexibility index (Phi) is 2.53. The van der Waals surface area contributed by atoms with Gasteiger partial charge in [0.15, 0.2) is 0 Å². The molecule has 0 aliphatic rings. The molecule has 15 heavy (non-hydrogen) atoms. The summed E-state index contributed by atoms with van der Waals surface area (Å²) in [5.74, 6) is 0. The smallest absolute Gasteiger partial charge is 0.0464 e. The van der Waals surface area contributed by atoms with Gasteiger partial charge in [0, 0.05) is 23.1 Å². The van der Waals surface area contributed by atoms with Crippen LogP contribution in [0.5, 0.6) is 0 Å². The summed E-state index contributed by atoms with van der Waals surface area (Å²) >= 11 is 0. The minimum atomic E-state index is 0.594. The third-order valence-electron chi connectivity index (χ3n) is 2.99. The lowest BCUT2D eigenvalue weighted by Gasteiger charge is -2.02. The Labute approximate surface area is 90.5 Å². The fourth-order valence-corrected chi connectivity index (χ4v) is 2.42. The van der Waals surface area contributed by atoms with E-state index in [0.717, 1.165) is 6.42 Å². The number of hydrogen-bond donors (Lipinski definition) is 2.